The first kappa shape index (κ1) is 15.5. The quantitative estimate of drug-likeness (QED) is 0.923. The number of nitrogens with zero attached hydrogens (tertiary/aromatic N) is 3. The second-order valence-electron chi connectivity index (χ2n) is 5.78. The maximum absolute atomic E-state index is 6.08. The lowest BCUT2D eigenvalue weighted by Crippen LogP contribution is -2.28. The molecule has 2 atom stereocenters. The van der Waals surface area contributed by atoms with Crippen molar-refractivity contribution in [2.24, 2.45) is 5.92 Å². The molecule has 22 heavy (non-hydrogen) atoms. The molecule has 0 saturated carbocycles. The van der Waals surface area contributed by atoms with E-state index in [-0.39, 0.29) is 0 Å². The highest BCUT2D eigenvalue weighted by Crippen LogP contribution is 2.26. The number of rotatable bonds is 4. The molecular weight excluding hydrogens is 319 g/mol. The largest absolute Gasteiger partial charge is 0.378 e. The number of halogens is 2. The Kier molecular flexibility index (Phi) is 4.81. The van der Waals surface area contributed by atoms with Crippen molar-refractivity contribution in [3.05, 3.63) is 52.3 Å². The van der Waals surface area contributed by atoms with Gasteiger partial charge in [-0.2, -0.15) is 0 Å². The number of aromatic nitrogens is 2. The summed E-state index contributed by atoms with van der Waals surface area (Å²) in [5, 5.41) is 11.7. The zero-order valence-electron chi connectivity index (χ0n) is 12.3. The molecule has 1 aromatic carbocycles. The van der Waals surface area contributed by atoms with Gasteiger partial charge >= 0.3 is 0 Å². The van der Waals surface area contributed by atoms with Crippen molar-refractivity contribution < 1.29 is 0 Å². The molecular formula is C16H18Cl2N4. The molecule has 0 amide bonds. The van der Waals surface area contributed by atoms with Crippen LogP contribution in [-0.4, -0.2) is 34.2 Å². The van der Waals surface area contributed by atoms with Crippen molar-refractivity contribution in [3.8, 4) is 0 Å². The Labute approximate surface area is 140 Å². The average Bonchev–Trinajstić information content (AvgIpc) is 2.84. The number of anilines is 1. The average molecular weight is 337 g/mol. The van der Waals surface area contributed by atoms with Gasteiger partial charge in [0.25, 0.3) is 0 Å². The summed E-state index contributed by atoms with van der Waals surface area (Å²) in [6.07, 6.45) is 0. The third kappa shape index (κ3) is 3.69. The molecule has 0 aliphatic carbocycles. The normalized spacial score (nSPS) is 22.0. The van der Waals surface area contributed by atoms with E-state index in [0.29, 0.717) is 22.3 Å². The van der Waals surface area contributed by atoms with Crippen LogP contribution in [0.5, 0.6) is 0 Å². The van der Waals surface area contributed by atoms with Gasteiger partial charge in [-0.3, -0.25) is 4.90 Å². The molecule has 1 fully saturated rings. The van der Waals surface area contributed by atoms with E-state index in [1.165, 1.54) is 5.56 Å². The minimum atomic E-state index is 0.321. The smallest absolute Gasteiger partial charge is 0.174 e. The zero-order chi connectivity index (χ0) is 15.5. The molecule has 3 rings (SSSR count). The maximum Gasteiger partial charge on any atom is 0.174 e. The fourth-order valence-electron chi connectivity index (χ4n) is 2.88. The van der Waals surface area contributed by atoms with Crippen LogP contribution in [0, 0.1) is 5.92 Å². The van der Waals surface area contributed by atoms with E-state index in [4.69, 9.17) is 23.2 Å². The Morgan fingerprint density at radius 1 is 1.18 bits per heavy atom. The second kappa shape index (κ2) is 6.82. The van der Waals surface area contributed by atoms with Crippen LogP contribution in [-0.2, 0) is 6.54 Å². The number of nitrogens with one attached hydrogen (secondary N) is 1. The van der Waals surface area contributed by atoms with Gasteiger partial charge in [0.15, 0.2) is 10.3 Å². The molecule has 2 aromatic rings. The Morgan fingerprint density at radius 2 is 1.95 bits per heavy atom. The van der Waals surface area contributed by atoms with Crippen molar-refractivity contribution >= 4 is 28.9 Å². The van der Waals surface area contributed by atoms with E-state index in [0.717, 1.165) is 25.3 Å². The predicted octanol–water partition coefficient (Wildman–Crippen LogP) is 3.72. The minimum Gasteiger partial charge on any atom is -0.378 e. The van der Waals surface area contributed by atoms with Crippen molar-refractivity contribution in [2.45, 2.75) is 19.5 Å². The lowest BCUT2D eigenvalue weighted by atomic mass is 10.1. The first-order chi connectivity index (χ1) is 10.6. The van der Waals surface area contributed by atoms with Crippen LogP contribution in [0.25, 0.3) is 0 Å². The number of hydrogen-bond donors (Lipinski definition) is 1. The van der Waals surface area contributed by atoms with Gasteiger partial charge in [-0.1, -0.05) is 60.5 Å². The summed E-state index contributed by atoms with van der Waals surface area (Å²) in [6.45, 7) is 5.22. The molecule has 0 spiro atoms. The third-order valence-corrected chi connectivity index (χ3v) is 4.46. The van der Waals surface area contributed by atoms with Gasteiger partial charge in [0.2, 0.25) is 0 Å². The van der Waals surface area contributed by atoms with Crippen molar-refractivity contribution in [1.82, 2.24) is 15.1 Å². The van der Waals surface area contributed by atoms with Gasteiger partial charge in [-0.05, 0) is 11.5 Å². The van der Waals surface area contributed by atoms with E-state index in [1.807, 2.05) is 6.07 Å². The molecule has 2 heterocycles. The lowest BCUT2D eigenvalue weighted by molar-refractivity contribution is 0.319. The number of hydrogen-bond acceptors (Lipinski definition) is 4. The van der Waals surface area contributed by atoms with E-state index in [1.54, 1.807) is 6.07 Å². The molecule has 0 bridgehead atoms. The third-order valence-electron chi connectivity index (χ3n) is 4.00. The molecule has 116 valence electrons. The molecule has 6 heteroatoms. The standard InChI is InChI=1S/C16H18Cl2N4/c1-11-8-22(9-12-5-3-2-4-6-12)10-14(11)19-13-7-15(17)20-21-16(13)18/h2-7,11,14H,8-10H2,1H3,(H,19,20). The molecule has 1 N–H and O–H groups in total. The number of benzene rings is 1. The predicted molar refractivity (Wildman–Crippen MR) is 90.3 cm³/mol. The molecule has 1 aromatic heterocycles. The van der Waals surface area contributed by atoms with Crippen molar-refractivity contribution in [1.29, 1.82) is 0 Å². The summed E-state index contributed by atoms with van der Waals surface area (Å²) in [4.78, 5) is 2.45. The minimum absolute atomic E-state index is 0.321. The summed E-state index contributed by atoms with van der Waals surface area (Å²) in [7, 11) is 0. The highest BCUT2D eigenvalue weighted by atomic mass is 35.5. The topological polar surface area (TPSA) is 41.0 Å². The molecule has 1 aliphatic heterocycles. The molecule has 1 aliphatic rings. The fourth-order valence-corrected chi connectivity index (χ4v) is 3.17. The van der Waals surface area contributed by atoms with Gasteiger partial charge in [0.1, 0.15) is 0 Å². The highest BCUT2D eigenvalue weighted by molar-refractivity contribution is 6.33. The van der Waals surface area contributed by atoms with Crippen LogP contribution in [0.2, 0.25) is 10.3 Å². The molecule has 4 nitrogen and oxygen atoms in total. The van der Waals surface area contributed by atoms with Gasteiger partial charge in [-0.15, -0.1) is 10.2 Å². The summed E-state index contributed by atoms with van der Waals surface area (Å²) < 4.78 is 0. The first-order valence-corrected chi connectivity index (χ1v) is 8.09. The summed E-state index contributed by atoms with van der Waals surface area (Å²) in [5.41, 5.74) is 2.09. The lowest BCUT2D eigenvalue weighted by Gasteiger charge is -2.19. The van der Waals surface area contributed by atoms with Crippen LogP contribution in [0.3, 0.4) is 0 Å². The summed E-state index contributed by atoms with van der Waals surface area (Å²) in [6, 6.07) is 12.6. The van der Waals surface area contributed by atoms with Gasteiger partial charge in [0, 0.05) is 31.7 Å². The molecule has 0 radical (unpaired) electrons. The fraction of sp³-hybridized carbons (Fsp3) is 0.375. The van der Waals surface area contributed by atoms with Crippen LogP contribution < -0.4 is 5.32 Å². The SMILES string of the molecule is CC1CN(Cc2ccccc2)CC1Nc1cc(Cl)nnc1Cl. The number of likely N-dealkylation sites (tertiary alicyclic amines) is 1. The van der Waals surface area contributed by atoms with Crippen LogP contribution in [0.4, 0.5) is 5.69 Å². The van der Waals surface area contributed by atoms with Gasteiger partial charge in [-0.25, -0.2) is 0 Å². The first-order valence-electron chi connectivity index (χ1n) is 7.33. The van der Waals surface area contributed by atoms with Gasteiger partial charge < -0.3 is 5.32 Å². The Balaban J connectivity index is 1.65. The van der Waals surface area contributed by atoms with Gasteiger partial charge in [0.05, 0.1) is 5.69 Å². The highest BCUT2D eigenvalue weighted by Gasteiger charge is 2.30. The van der Waals surface area contributed by atoms with E-state index < -0.39 is 0 Å². The maximum atomic E-state index is 6.08. The summed E-state index contributed by atoms with van der Waals surface area (Å²) >= 11 is 12.0. The molecule has 1 saturated heterocycles. The van der Waals surface area contributed by atoms with Crippen LogP contribution in [0.15, 0.2) is 36.4 Å². The van der Waals surface area contributed by atoms with E-state index in [9.17, 15) is 0 Å². The van der Waals surface area contributed by atoms with Crippen molar-refractivity contribution in [3.63, 3.8) is 0 Å². The summed E-state index contributed by atoms with van der Waals surface area (Å²) in [5.74, 6) is 0.520. The van der Waals surface area contributed by atoms with E-state index >= 15 is 0 Å². The second-order valence-corrected chi connectivity index (χ2v) is 6.52. The van der Waals surface area contributed by atoms with E-state index in [2.05, 4.69) is 51.6 Å². The Morgan fingerprint density at radius 3 is 2.73 bits per heavy atom. The van der Waals surface area contributed by atoms with Crippen LogP contribution >= 0.6 is 23.2 Å². The van der Waals surface area contributed by atoms with Crippen molar-refractivity contribution in [2.75, 3.05) is 18.4 Å². The molecule has 2 unspecified atom stereocenters. The monoisotopic (exact) mass is 336 g/mol. The Hall–Kier alpha value is -1.36. The zero-order valence-corrected chi connectivity index (χ0v) is 13.8. The van der Waals surface area contributed by atoms with Crippen LogP contribution in [0.1, 0.15) is 12.5 Å². The Bertz CT molecular complexity index is 635.